The molecule has 0 saturated carbocycles. The zero-order chi connectivity index (χ0) is 36.3. The molecule has 1 aromatic heterocycles. The highest BCUT2D eigenvalue weighted by Gasteiger charge is 2.24. The Bertz CT molecular complexity index is 1770. The topological polar surface area (TPSA) is 133 Å². The minimum atomic E-state index is -0.946. The van der Waals surface area contributed by atoms with Crippen molar-refractivity contribution in [1.82, 2.24) is 25.4 Å². The van der Waals surface area contributed by atoms with E-state index in [-0.39, 0.29) is 24.3 Å². The number of rotatable bonds is 14. The van der Waals surface area contributed by atoms with Gasteiger partial charge in [0.05, 0.1) is 31.9 Å². The Kier molecular flexibility index (Phi) is 13.3. The molecule has 5 rings (SSSR count). The third kappa shape index (κ3) is 10.9. The van der Waals surface area contributed by atoms with Gasteiger partial charge in [0.15, 0.2) is 0 Å². The third-order valence-corrected chi connectivity index (χ3v) is 9.60. The van der Waals surface area contributed by atoms with Gasteiger partial charge in [-0.1, -0.05) is 56.3 Å². The molecular weight excluding hydrogens is 667 g/mol. The van der Waals surface area contributed by atoms with Gasteiger partial charge in [0.1, 0.15) is 10.8 Å². The maximum atomic E-state index is 13.6. The number of carbonyl (C=O) groups is 3. The molecule has 51 heavy (non-hydrogen) atoms. The molecule has 3 N–H and O–H groups in total. The largest absolute Gasteiger partial charge is 0.415 e. The molecule has 0 aliphatic carbocycles. The number of nitrogens with zero attached hydrogens (tertiary/aromatic N) is 3. The van der Waals surface area contributed by atoms with E-state index in [9.17, 15) is 19.5 Å². The van der Waals surface area contributed by atoms with Gasteiger partial charge in [-0.2, -0.15) is 0 Å². The zero-order valence-electron chi connectivity index (χ0n) is 29.6. The number of amides is 3. The number of benzene rings is 3. The summed E-state index contributed by atoms with van der Waals surface area (Å²) in [6.45, 7) is 8.99. The van der Waals surface area contributed by atoms with E-state index >= 15 is 0 Å². The van der Waals surface area contributed by atoms with Crippen LogP contribution in [0.15, 0.2) is 78.2 Å². The number of thiazole rings is 1. The SMILES string of the molecule is Cc1csc(CN(C)C(=O)c2cccc(C(=O)N[C@@H](Cc3ccccc3)[C@H](O)CNCc3cc(OC(=O)N4CCOCC4)cc(C(C)C)c3)c2)n1. The molecule has 12 heteroatoms. The molecule has 0 bridgehead atoms. The number of carbonyl (C=O) groups excluding carboxylic acids is 3. The smallest absolute Gasteiger partial charge is 0.410 e. The van der Waals surface area contributed by atoms with Gasteiger partial charge in [-0.3, -0.25) is 9.59 Å². The first-order valence-electron chi connectivity index (χ1n) is 17.2. The van der Waals surface area contributed by atoms with E-state index in [1.807, 2.05) is 54.8 Å². The van der Waals surface area contributed by atoms with Gasteiger partial charge < -0.3 is 35.0 Å². The fraction of sp³-hybridized carbons (Fsp3) is 0.385. The number of aliphatic hydroxyl groups excluding tert-OH is 1. The van der Waals surface area contributed by atoms with Crippen molar-refractivity contribution in [3.8, 4) is 5.75 Å². The number of hydrogen-bond donors (Lipinski definition) is 3. The Hall–Kier alpha value is -4.62. The van der Waals surface area contributed by atoms with Crippen LogP contribution in [0.1, 0.15) is 67.9 Å². The monoisotopic (exact) mass is 713 g/mol. The summed E-state index contributed by atoms with van der Waals surface area (Å²) in [5.41, 5.74) is 4.51. The van der Waals surface area contributed by atoms with E-state index in [1.165, 1.54) is 11.3 Å². The van der Waals surface area contributed by atoms with Crippen LogP contribution in [0.25, 0.3) is 0 Å². The molecule has 270 valence electrons. The molecule has 3 amide bonds. The molecule has 4 aromatic rings. The normalized spacial score (nSPS) is 14.2. The molecule has 0 radical (unpaired) electrons. The number of nitrogens with one attached hydrogen (secondary N) is 2. The number of hydrogen-bond acceptors (Lipinski definition) is 9. The van der Waals surface area contributed by atoms with Gasteiger partial charge in [-0.25, -0.2) is 9.78 Å². The number of aliphatic hydroxyl groups is 1. The molecule has 1 aliphatic heterocycles. The third-order valence-electron chi connectivity index (χ3n) is 8.65. The molecule has 0 spiro atoms. The average Bonchev–Trinajstić information content (AvgIpc) is 3.55. The number of aromatic nitrogens is 1. The lowest BCUT2D eigenvalue weighted by molar-refractivity contribution is 0.0416. The zero-order valence-corrected chi connectivity index (χ0v) is 30.4. The molecule has 2 heterocycles. The van der Waals surface area contributed by atoms with E-state index in [1.54, 1.807) is 41.1 Å². The van der Waals surface area contributed by atoms with Gasteiger partial charge in [0.25, 0.3) is 11.8 Å². The molecule has 1 aliphatic rings. The molecule has 0 unspecified atom stereocenters. The van der Waals surface area contributed by atoms with Gasteiger partial charge >= 0.3 is 6.09 Å². The Morgan fingerprint density at radius 3 is 2.45 bits per heavy atom. The second-order valence-electron chi connectivity index (χ2n) is 13.1. The Morgan fingerprint density at radius 1 is 1.00 bits per heavy atom. The second kappa shape index (κ2) is 18.0. The molecule has 1 saturated heterocycles. The molecule has 2 atom stereocenters. The van der Waals surface area contributed by atoms with E-state index in [0.29, 0.717) is 62.7 Å². The standard InChI is InChI=1S/C39H47N5O6S/c1-26(2)32-17-29(18-33(21-32)50-39(48)44-13-15-49-16-14-44)22-40-23-35(45)34(19-28-9-6-5-7-10-28)42-37(46)30-11-8-12-31(20-30)38(47)43(4)24-36-41-27(3)25-51-36/h5-12,17-18,20-21,25-26,34-35,40,45H,13-16,19,22-24H2,1-4H3,(H,42,46)/t34-,35+/m0/s1. The second-order valence-corrected chi connectivity index (χ2v) is 14.1. The van der Waals surface area contributed by atoms with Crippen molar-refractivity contribution in [1.29, 1.82) is 0 Å². The number of morpholine rings is 1. The van der Waals surface area contributed by atoms with Crippen LogP contribution in [0.2, 0.25) is 0 Å². The number of aryl methyl sites for hydroxylation is 1. The van der Waals surface area contributed by atoms with E-state index in [4.69, 9.17) is 9.47 Å². The van der Waals surface area contributed by atoms with E-state index in [2.05, 4.69) is 35.5 Å². The van der Waals surface area contributed by atoms with Crippen LogP contribution in [0.3, 0.4) is 0 Å². The summed E-state index contributed by atoms with van der Waals surface area (Å²) < 4.78 is 11.1. The van der Waals surface area contributed by atoms with Gasteiger partial charge in [-0.15, -0.1) is 11.3 Å². The predicted molar refractivity (Wildman–Crippen MR) is 197 cm³/mol. The van der Waals surface area contributed by atoms with Crippen molar-refractivity contribution >= 4 is 29.2 Å². The van der Waals surface area contributed by atoms with Crippen molar-refractivity contribution in [3.05, 3.63) is 117 Å². The van der Waals surface area contributed by atoms with Crippen LogP contribution in [-0.4, -0.2) is 89.8 Å². The summed E-state index contributed by atoms with van der Waals surface area (Å²) in [6, 6.07) is 21.4. The molecule has 11 nitrogen and oxygen atoms in total. The van der Waals surface area contributed by atoms with E-state index in [0.717, 1.165) is 27.4 Å². The molecule has 3 aromatic carbocycles. The van der Waals surface area contributed by atoms with Crippen LogP contribution >= 0.6 is 11.3 Å². The van der Waals surface area contributed by atoms with Crippen molar-refractivity contribution in [2.75, 3.05) is 39.9 Å². The summed E-state index contributed by atoms with van der Waals surface area (Å²) in [7, 11) is 1.71. The summed E-state index contributed by atoms with van der Waals surface area (Å²) >= 11 is 1.50. The Labute approximate surface area is 303 Å². The summed E-state index contributed by atoms with van der Waals surface area (Å²) in [5, 5.41) is 20.6. The maximum Gasteiger partial charge on any atom is 0.415 e. The fourth-order valence-electron chi connectivity index (χ4n) is 5.77. The minimum absolute atomic E-state index is 0.187. The first-order valence-corrected chi connectivity index (χ1v) is 18.1. The minimum Gasteiger partial charge on any atom is -0.410 e. The van der Waals surface area contributed by atoms with Gasteiger partial charge in [0, 0.05) is 55.4 Å². The summed E-state index contributed by atoms with van der Waals surface area (Å²) in [4.78, 5) is 47.3. The molecule has 1 fully saturated rings. The quantitative estimate of drug-likeness (QED) is 0.163. The molecular formula is C39H47N5O6S. The van der Waals surface area contributed by atoms with Crippen molar-refractivity contribution < 1.29 is 29.0 Å². The predicted octanol–water partition coefficient (Wildman–Crippen LogP) is 5.17. The highest BCUT2D eigenvalue weighted by molar-refractivity contribution is 7.09. The number of ether oxygens (including phenoxy) is 2. The van der Waals surface area contributed by atoms with Crippen molar-refractivity contribution in [2.24, 2.45) is 0 Å². The van der Waals surface area contributed by atoms with Gasteiger partial charge in [0.2, 0.25) is 0 Å². The lowest BCUT2D eigenvalue weighted by Gasteiger charge is -2.26. The summed E-state index contributed by atoms with van der Waals surface area (Å²) in [5.74, 6) is 0.0649. The highest BCUT2D eigenvalue weighted by Crippen LogP contribution is 2.24. The highest BCUT2D eigenvalue weighted by atomic mass is 32.1. The Morgan fingerprint density at radius 2 is 1.75 bits per heavy atom. The average molecular weight is 714 g/mol. The van der Waals surface area contributed by atoms with Crippen molar-refractivity contribution in [2.45, 2.75) is 58.3 Å². The maximum absolute atomic E-state index is 13.6. The van der Waals surface area contributed by atoms with Crippen LogP contribution in [-0.2, 0) is 24.2 Å². The van der Waals surface area contributed by atoms with Crippen LogP contribution < -0.4 is 15.4 Å². The summed E-state index contributed by atoms with van der Waals surface area (Å²) in [6.07, 6.45) is -0.950. The van der Waals surface area contributed by atoms with Crippen molar-refractivity contribution in [3.63, 3.8) is 0 Å². The lowest BCUT2D eigenvalue weighted by Crippen LogP contribution is -2.48. The fourth-order valence-corrected chi connectivity index (χ4v) is 6.59. The Balaban J connectivity index is 1.24. The van der Waals surface area contributed by atoms with Crippen LogP contribution in [0.5, 0.6) is 5.75 Å². The van der Waals surface area contributed by atoms with Crippen LogP contribution in [0.4, 0.5) is 4.79 Å². The van der Waals surface area contributed by atoms with Crippen LogP contribution in [0, 0.1) is 6.92 Å². The first kappa shape index (κ1) is 37.6. The van der Waals surface area contributed by atoms with E-state index < -0.39 is 18.2 Å². The first-order chi connectivity index (χ1) is 24.5. The van der Waals surface area contributed by atoms with Gasteiger partial charge in [-0.05, 0) is 66.3 Å². The lowest BCUT2D eigenvalue weighted by atomic mass is 9.99.